The Kier molecular flexibility index (Phi) is 5.42. The maximum atomic E-state index is 12.3. The number of rotatable bonds is 4. The van der Waals surface area contributed by atoms with Gasteiger partial charge in [-0.25, -0.2) is 4.98 Å². The molecule has 0 radical (unpaired) electrons. The van der Waals surface area contributed by atoms with Gasteiger partial charge >= 0.3 is 0 Å². The Morgan fingerprint density at radius 3 is 2.24 bits per heavy atom. The summed E-state index contributed by atoms with van der Waals surface area (Å²) >= 11 is 9.93. The fourth-order valence-corrected chi connectivity index (χ4v) is 5.24. The van der Waals surface area contributed by atoms with Crippen LogP contribution in [0.2, 0.25) is 0 Å². The standard InChI is InChI=1S/C12H9Br3N2O3S/c13-8-3-9(14)12(10(15)4-8)17-21(19,20)11-2-1-7(6-18)5-16-11/h1-5,17-18H,6H2. The minimum absolute atomic E-state index is 0.124. The molecule has 0 aliphatic rings. The molecule has 1 aromatic carbocycles. The van der Waals surface area contributed by atoms with Crippen molar-refractivity contribution in [1.82, 2.24) is 4.98 Å². The van der Waals surface area contributed by atoms with E-state index >= 15 is 0 Å². The number of benzene rings is 1. The van der Waals surface area contributed by atoms with Crippen LogP contribution in [0.4, 0.5) is 5.69 Å². The summed E-state index contributed by atoms with van der Waals surface area (Å²) in [5.74, 6) is 0. The van der Waals surface area contributed by atoms with E-state index in [0.717, 1.165) is 4.47 Å². The van der Waals surface area contributed by atoms with E-state index in [1.165, 1.54) is 18.3 Å². The molecule has 0 aliphatic carbocycles. The average molecular weight is 501 g/mol. The maximum absolute atomic E-state index is 12.3. The number of halogens is 3. The Labute approximate surface area is 147 Å². The molecule has 0 saturated carbocycles. The first-order valence-corrected chi connectivity index (χ1v) is 9.43. The van der Waals surface area contributed by atoms with Crippen molar-refractivity contribution in [3.8, 4) is 0 Å². The van der Waals surface area contributed by atoms with Gasteiger partial charge in [-0.3, -0.25) is 4.72 Å². The van der Waals surface area contributed by atoms with E-state index in [1.807, 2.05) is 0 Å². The van der Waals surface area contributed by atoms with E-state index in [0.29, 0.717) is 20.2 Å². The molecule has 2 aromatic rings. The third-order valence-corrected chi connectivity index (χ3v) is 5.47. The molecule has 0 fully saturated rings. The maximum Gasteiger partial charge on any atom is 0.279 e. The van der Waals surface area contributed by atoms with E-state index in [9.17, 15) is 8.42 Å². The van der Waals surface area contributed by atoms with Crippen LogP contribution < -0.4 is 4.72 Å². The SMILES string of the molecule is O=S(=O)(Nc1c(Br)cc(Br)cc1Br)c1ccc(CO)cn1. The van der Waals surface area contributed by atoms with Gasteiger partial charge in [-0.15, -0.1) is 0 Å². The average Bonchev–Trinajstić information content (AvgIpc) is 2.43. The topological polar surface area (TPSA) is 79.3 Å². The number of hydrogen-bond donors (Lipinski definition) is 2. The first-order valence-electron chi connectivity index (χ1n) is 5.56. The fourth-order valence-electron chi connectivity index (χ4n) is 1.49. The van der Waals surface area contributed by atoms with E-state index in [-0.39, 0.29) is 11.6 Å². The van der Waals surface area contributed by atoms with Gasteiger partial charge in [0.1, 0.15) is 0 Å². The van der Waals surface area contributed by atoms with Crippen molar-refractivity contribution in [3.05, 3.63) is 49.4 Å². The van der Waals surface area contributed by atoms with Gasteiger partial charge in [-0.2, -0.15) is 8.42 Å². The van der Waals surface area contributed by atoms with Crippen LogP contribution in [0.3, 0.4) is 0 Å². The molecule has 2 N–H and O–H groups in total. The number of aromatic nitrogens is 1. The Bertz CT molecular complexity index is 741. The summed E-state index contributed by atoms with van der Waals surface area (Å²) in [6.07, 6.45) is 1.32. The number of anilines is 1. The third-order valence-electron chi connectivity index (χ3n) is 2.50. The number of aliphatic hydroxyl groups is 1. The van der Waals surface area contributed by atoms with Crippen molar-refractivity contribution in [3.63, 3.8) is 0 Å². The number of nitrogens with one attached hydrogen (secondary N) is 1. The Balaban J connectivity index is 2.37. The van der Waals surface area contributed by atoms with Crippen LogP contribution in [0, 0.1) is 0 Å². The van der Waals surface area contributed by atoms with Crippen LogP contribution in [-0.4, -0.2) is 18.5 Å². The van der Waals surface area contributed by atoms with Gasteiger partial charge in [0.25, 0.3) is 10.0 Å². The first kappa shape index (κ1) is 16.9. The predicted octanol–water partition coefficient (Wildman–Crippen LogP) is 3.66. The van der Waals surface area contributed by atoms with Crippen molar-refractivity contribution in [1.29, 1.82) is 0 Å². The van der Waals surface area contributed by atoms with Crippen molar-refractivity contribution in [2.75, 3.05) is 4.72 Å². The van der Waals surface area contributed by atoms with Gasteiger partial charge in [-0.1, -0.05) is 22.0 Å². The van der Waals surface area contributed by atoms with Crippen LogP contribution in [0.1, 0.15) is 5.56 Å². The summed E-state index contributed by atoms with van der Waals surface area (Å²) in [6.45, 7) is -0.190. The lowest BCUT2D eigenvalue weighted by Gasteiger charge is -2.12. The molecule has 1 aromatic heterocycles. The van der Waals surface area contributed by atoms with Gasteiger partial charge < -0.3 is 5.11 Å². The molecule has 9 heteroatoms. The van der Waals surface area contributed by atoms with Gasteiger partial charge in [0.15, 0.2) is 5.03 Å². The summed E-state index contributed by atoms with van der Waals surface area (Å²) in [4.78, 5) is 3.84. The lowest BCUT2D eigenvalue weighted by atomic mass is 10.3. The molecule has 112 valence electrons. The van der Waals surface area contributed by atoms with Crippen LogP contribution in [-0.2, 0) is 16.6 Å². The number of nitrogens with zero attached hydrogens (tertiary/aromatic N) is 1. The zero-order valence-electron chi connectivity index (χ0n) is 10.3. The number of aliphatic hydroxyl groups excluding tert-OH is 1. The highest BCUT2D eigenvalue weighted by atomic mass is 79.9. The summed E-state index contributed by atoms with van der Waals surface area (Å²) in [5, 5.41) is 8.82. The highest BCUT2D eigenvalue weighted by Gasteiger charge is 2.19. The molecular formula is C12H9Br3N2O3S. The van der Waals surface area contributed by atoms with Crippen molar-refractivity contribution < 1.29 is 13.5 Å². The van der Waals surface area contributed by atoms with Gasteiger partial charge in [0.2, 0.25) is 0 Å². The molecule has 5 nitrogen and oxygen atoms in total. The zero-order valence-corrected chi connectivity index (χ0v) is 15.9. The van der Waals surface area contributed by atoms with E-state index in [1.54, 1.807) is 12.1 Å². The van der Waals surface area contributed by atoms with Crippen molar-refractivity contribution in [2.45, 2.75) is 11.6 Å². The molecule has 2 rings (SSSR count). The molecule has 0 spiro atoms. The molecule has 0 aliphatic heterocycles. The second-order valence-electron chi connectivity index (χ2n) is 4.01. The smallest absolute Gasteiger partial charge is 0.279 e. The lowest BCUT2D eigenvalue weighted by Crippen LogP contribution is -2.15. The minimum Gasteiger partial charge on any atom is -0.392 e. The minimum atomic E-state index is -3.81. The Morgan fingerprint density at radius 1 is 1.14 bits per heavy atom. The summed E-state index contributed by atoms with van der Waals surface area (Å²) in [7, 11) is -3.81. The first-order chi connectivity index (χ1) is 9.83. The van der Waals surface area contributed by atoms with E-state index < -0.39 is 10.0 Å². The zero-order chi connectivity index (χ0) is 15.6. The number of sulfonamides is 1. The number of pyridine rings is 1. The van der Waals surface area contributed by atoms with Crippen LogP contribution in [0.15, 0.2) is 48.9 Å². The summed E-state index contributed by atoms with van der Waals surface area (Å²) in [5.41, 5.74) is 0.922. The van der Waals surface area contributed by atoms with Crippen LogP contribution >= 0.6 is 47.8 Å². The number of hydrogen-bond acceptors (Lipinski definition) is 4. The third kappa shape index (κ3) is 4.04. The summed E-state index contributed by atoms with van der Waals surface area (Å²) in [6, 6.07) is 6.30. The molecule has 0 atom stereocenters. The largest absolute Gasteiger partial charge is 0.392 e. The highest BCUT2D eigenvalue weighted by molar-refractivity contribution is 9.11. The normalized spacial score (nSPS) is 11.4. The Morgan fingerprint density at radius 2 is 1.76 bits per heavy atom. The second-order valence-corrected chi connectivity index (χ2v) is 8.27. The van der Waals surface area contributed by atoms with E-state index in [2.05, 4.69) is 57.5 Å². The molecular weight excluding hydrogens is 492 g/mol. The van der Waals surface area contributed by atoms with Crippen LogP contribution in [0.25, 0.3) is 0 Å². The monoisotopic (exact) mass is 498 g/mol. The Hall–Kier alpha value is -0.480. The molecule has 0 unspecified atom stereocenters. The predicted molar refractivity (Wildman–Crippen MR) is 90.5 cm³/mol. The summed E-state index contributed by atoms with van der Waals surface area (Å²) < 4.78 is 29.0. The van der Waals surface area contributed by atoms with Crippen molar-refractivity contribution >= 4 is 63.5 Å². The molecule has 1 heterocycles. The van der Waals surface area contributed by atoms with E-state index in [4.69, 9.17) is 5.11 Å². The molecule has 21 heavy (non-hydrogen) atoms. The van der Waals surface area contributed by atoms with Gasteiger partial charge in [0, 0.05) is 19.6 Å². The second kappa shape index (κ2) is 6.74. The van der Waals surface area contributed by atoms with Crippen LogP contribution in [0.5, 0.6) is 0 Å². The molecule has 0 bridgehead atoms. The fraction of sp³-hybridized carbons (Fsp3) is 0.0833. The molecule has 0 saturated heterocycles. The highest BCUT2D eigenvalue weighted by Crippen LogP contribution is 2.35. The van der Waals surface area contributed by atoms with Gasteiger partial charge in [0.05, 0.1) is 12.3 Å². The quantitative estimate of drug-likeness (QED) is 0.671. The lowest BCUT2D eigenvalue weighted by molar-refractivity contribution is 0.281. The van der Waals surface area contributed by atoms with Gasteiger partial charge in [-0.05, 0) is 55.6 Å². The molecule has 0 amide bonds. The van der Waals surface area contributed by atoms with Crippen molar-refractivity contribution in [2.24, 2.45) is 0 Å².